The van der Waals surface area contributed by atoms with Crippen molar-refractivity contribution in [3.05, 3.63) is 24.3 Å². The summed E-state index contributed by atoms with van der Waals surface area (Å²) in [7, 11) is 0. The van der Waals surface area contributed by atoms with Crippen molar-refractivity contribution < 1.29 is 14.3 Å². The first kappa shape index (κ1) is 14.4. The number of nitrogens with zero attached hydrogens (tertiary/aromatic N) is 1. The van der Waals surface area contributed by atoms with Crippen molar-refractivity contribution >= 4 is 29.3 Å². The lowest BCUT2D eigenvalue weighted by Crippen LogP contribution is -2.21. The fourth-order valence-corrected chi connectivity index (χ4v) is 2.24. The van der Waals surface area contributed by atoms with Crippen LogP contribution in [0.1, 0.15) is 12.8 Å². The monoisotopic (exact) mass is 290 g/mol. The molecular formula is C14H14N2O3S. The molecule has 1 saturated carbocycles. The van der Waals surface area contributed by atoms with Gasteiger partial charge in [0.2, 0.25) is 0 Å². The van der Waals surface area contributed by atoms with E-state index in [-0.39, 0.29) is 24.4 Å². The molecule has 104 valence electrons. The van der Waals surface area contributed by atoms with E-state index < -0.39 is 0 Å². The molecule has 0 unspecified atom stereocenters. The second-order valence-corrected chi connectivity index (χ2v) is 5.39. The number of carbonyl (C=O) groups excluding carboxylic acids is 2. The molecule has 6 heteroatoms. The summed E-state index contributed by atoms with van der Waals surface area (Å²) in [6, 6.07) is 9.24. The molecule has 5 nitrogen and oxygen atoms in total. The highest BCUT2D eigenvalue weighted by Crippen LogP contribution is 2.30. The number of nitriles is 1. The van der Waals surface area contributed by atoms with Crippen LogP contribution in [0.25, 0.3) is 0 Å². The Bertz CT molecular complexity index is 550. The van der Waals surface area contributed by atoms with Crippen molar-refractivity contribution in [2.75, 3.05) is 17.7 Å². The molecule has 0 spiro atoms. The molecule has 1 aliphatic rings. The lowest BCUT2D eigenvalue weighted by atomic mass is 10.3. The second-order valence-electron chi connectivity index (χ2n) is 4.37. The minimum atomic E-state index is -0.371. The van der Waals surface area contributed by atoms with Gasteiger partial charge < -0.3 is 10.1 Å². The predicted molar refractivity (Wildman–Crippen MR) is 75.1 cm³/mol. The number of anilines is 1. The molecule has 0 heterocycles. The maximum Gasteiger partial charge on any atom is 0.309 e. The molecule has 0 saturated heterocycles. The van der Waals surface area contributed by atoms with Crippen LogP contribution in [0.3, 0.4) is 0 Å². The second kappa shape index (κ2) is 6.96. The largest absolute Gasteiger partial charge is 0.455 e. The van der Waals surface area contributed by atoms with Gasteiger partial charge in [0.05, 0.1) is 23.4 Å². The summed E-state index contributed by atoms with van der Waals surface area (Å²) >= 11 is 1.34. The summed E-state index contributed by atoms with van der Waals surface area (Å²) in [6.45, 7) is -0.271. The molecule has 1 fully saturated rings. The highest BCUT2D eigenvalue weighted by Gasteiger charge is 2.31. The Morgan fingerprint density at radius 1 is 1.40 bits per heavy atom. The molecule has 1 aliphatic carbocycles. The summed E-state index contributed by atoms with van der Waals surface area (Å²) in [4.78, 5) is 23.9. The highest BCUT2D eigenvalue weighted by atomic mass is 32.2. The van der Waals surface area contributed by atoms with Gasteiger partial charge in [0, 0.05) is 4.90 Å². The standard InChI is InChI=1S/C14H14N2O3S/c15-7-8-20-12-4-2-1-3-11(12)16-13(17)9-19-14(18)10-5-6-10/h1-4,10H,5-6,8-9H2,(H,16,17). The normalized spacial score (nSPS) is 13.3. The first-order valence-electron chi connectivity index (χ1n) is 6.26. The van der Waals surface area contributed by atoms with E-state index >= 15 is 0 Å². The molecule has 1 N–H and O–H groups in total. The number of rotatable bonds is 6. The van der Waals surface area contributed by atoms with E-state index in [0.29, 0.717) is 11.4 Å². The number of thioether (sulfide) groups is 1. The Kier molecular flexibility index (Phi) is 5.02. The number of ether oxygens (including phenoxy) is 1. The average Bonchev–Trinajstić information content (AvgIpc) is 3.28. The van der Waals surface area contributed by atoms with Crippen molar-refractivity contribution in [3.8, 4) is 6.07 Å². The molecule has 0 aliphatic heterocycles. The third kappa shape index (κ3) is 4.28. The van der Waals surface area contributed by atoms with Crippen LogP contribution in [0, 0.1) is 17.2 Å². The molecule has 20 heavy (non-hydrogen) atoms. The Balaban J connectivity index is 1.86. The maximum atomic E-state index is 11.7. The van der Waals surface area contributed by atoms with Crippen LogP contribution in [0.5, 0.6) is 0 Å². The molecule has 0 bridgehead atoms. The lowest BCUT2D eigenvalue weighted by molar-refractivity contribution is -0.148. The fraction of sp³-hybridized carbons (Fsp3) is 0.357. The van der Waals surface area contributed by atoms with Gasteiger partial charge in [-0.1, -0.05) is 12.1 Å². The zero-order valence-corrected chi connectivity index (χ0v) is 11.6. The van der Waals surface area contributed by atoms with Crippen LogP contribution >= 0.6 is 11.8 Å². The van der Waals surface area contributed by atoms with E-state index in [0.717, 1.165) is 17.7 Å². The number of hydrogen-bond donors (Lipinski definition) is 1. The van der Waals surface area contributed by atoms with E-state index in [1.165, 1.54) is 11.8 Å². The maximum absolute atomic E-state index is 11.7. The zero-order chi connectivity index (χ0) is 14.4. The number of para-hydroxylation sites is 1. The summed E-state index contributed by atoms with van der Waals surface area (Å²) in [6.07, 6.45) is 1.71. The summed E-state index contributed by atoms with van der Waals surface area (Å²) in [5, 5.41) is 11.3. The van der Waals surface area contributed by atoms with Gasteiger partial charge in [0.1, 0.15) is 0 Å². The number of esters is 1. The summed E-state index contributed by atoms with van der Waals surface area (Å²) in [5.74, 6) is -0.374. The molecule has 0 atom stereocenters. The van der Waals surface area contributed by atoms with Gasteiger partial charge in [-0.25, -0.2) is 0 Å². The van der Waals surface area contributed by atoms with Gasteiger partial charge in [-0.15, -0.1) is 11.8 Å². The SMILES string of the molecule is N#CCSc1ccccc1NC(=O)COC(=O)C1CC1. The number of hydrogen-bond acceptors (Lipinski definition) is 5. The van der Waals surface area contributed by atoms with Crippen molar-refractivity contribution in [1.82, 2.24) is 0 Å². The van der Waals surface area contributed by atoms with Crippen LogP contribution < -0.4 is 5.32 Å². The van der Waals surface area contributed by atoms with Crippen molar-refractivity contribution in [1.29, 1.82) is 5.26 Å². The first-order chi connectivity index (χ1) is 9.70. The molecule has 2 rings (SSSR count). The smallest absolute Gasteiger partial charge is 0.309 e. The zero-order valence-electron chi connectivity index (χ0n) is 10.8. The number of carbonyl (C=O) groups is 2. The molecule has 0 radical (unpaired) electrons. The number of amides is 1. The molecule has 1 aromatic carbocycles. The van der Waals surface area contributed by atoms with Crippen molar-refractivity contribution in [3.63, 3.8) is 0 Å². The molecular weight excluding hydrogens is 276 g/mol. The van der Waals surface area contributed by atoms with Gasteiger partial charge in [-0.05, 0) is 25.0 Å². The predicted octanol–water partition coefficient (Wildman–Crippen LogP) is 2.19. The van der Waals surface area contributed by atoms with E-state index in [4.69, 9.17) is 10.00 Å². The van der Waals surface area contributed by atoms with Gasteiger partial charge in [0.15, 0.2) is 6.61 Å². The fourth-order valence-electron chi connectivity index (χ4n) is 1.57. The summed E-state index contributed by atoms with van der Waals surface area (Å²) in [5.41, 5.74) is 0.625. The third-order valence-electron chi connectivity index (χ3n) is 2.71. The number of nitrogens with one attached hydrogen (secondary N) is 1. The highest BCUT2D eigenvalue weighted by molar-refractivity contribution is 7.99. The van der Waals surface area contributed by atoms with Gasteiger partial charge in [-0.2, -0.15) is 5.26 Å². The van der Waals surface area contributed by atoms with Crippen LogP contribution in [0.4, 0.5) is 5.69 Å². The van der Waals surface area contributed by atoms with E-state index in [1.54, 1.807) is 12.1 Å². The van der Waals surface area contributed by atoms with E-state index in [9.17, 15) is 9.59 Å². The van der Waals surface area contributed by atoms with Crippen molar-refractivity contribution in [2.24, 2.45) is 5.92 Å². The number of benzene rings is 1. The van der Waals surface area contributed by atoms with Gasteiger partial charge in [-0.3, -0.25) is 9.59 Å². The van der Waals surface area contributed by atoms with Crippen LogP contribution in [0.15, 0.2) is 29.2 Å². The van der Waals surface area contributed by atoms with Gasteiger partial charge >= 0.3 is 5.97 Å². The minimum Gasteiger partial charge on any atom is -0.455 e. The summed E-state index contributed by atoms with van der Waals surface area (Å²) < 4.78 is 4.91. The Labute approximate surface area is 121 Å². The Hall–Kier alpha value is -2.00. The molecule has 1 aromatic rings. The lowest BCUT2D eigenvalue weighted by Gasteiger charge is -2.09. The quantitative estimate of drug-likeness (QED) is 0.641. The molecule has 1 amide bonds. The minimum absolute atomic E-state index is 0.0127. The van der Waals surface area contributed by atoms with Gasteiger partial charge in [0.25, 0.3) is 5.91 Å². The van der Waals surface area contributed by atoms with Crippen LogP contribution in [0.2, 0.25) is 0 Å². The Morgan fingerprint density at radius 2 is 2.15 bits per heavy atom. The Morgan fingerprint density at radius 3 is 2.85 bits per heavy atom. The first-order valence-corrected chi connectivity index (χ1v) is 7.24. The topological polar surface area (TPSA) is 79.2 Å². The third-order valence-corrected chi connectivity index (χ3v) is 3.65. The van der Waals surface area contributed by atoms with E-state index in [2.05, 4.69) is 5.32 Å². The average molecular weight is 290 g/mol. The van der Waals surface area contributed by atoms with Crippen LogP contribution in [-0.4, -0.2) is 24.2 Å². The van der Waals surface area contributed by atoms with Crippen LogP contribution in [-0.2, 0) is 14.3 Å². The van der Waals surface area contributed by atoms with Crippen molar-refractivity contribution in [2.45, 2.75) is 17.7 Å². The van der Waals surface area contributed by atoms with E-state index in [1.807, 2.05) is 18.2 Å². The molecule has 0 aromatic heterocycles.